The van der Waals surface area contributed by atoms with Crippen molar-refractivity contribution >= 4 is 17.6 Å². The Hall–Kier alpha value is -2.04. The van der Waals surface area contributed by atoms with Crippen LogP contribution in [0.5, 0.6) is 0 Å². The van der Waals surface area contributed by atoms with Gasteiger partial charge in [-0.2, -0.15) is 0 Å². The molecule has 1 aromatic carbocycles. The van der Waals surface area contributed by atoms with Gasteiger partial charge in [-0.1, -0.05) is 11.6 Å². The predicted octanol–water partition coefficient (Wildman–Crippen LogP) is 1.27. The van der Waals surface area contributed by atoms with Crippen molar-refractivity contribution in [3.05, 3.63) is 29.3 Å². The number of carboxylic acid groups (broad SMARTS) is 1. The molecule has 0 unspecified atom stereocenters. The second-order valence-corrected chi connectivity index (χ2v) is 4.14. The number of anilines is 1. The molecule has 0 aliphatic carbocycles. The standard InChI is InChI=1S/C13H18N2O3/c1-4-14-12(16)8-15(3)11-6-5-9(2)7-10(11)13(17)18/h5-7H,4,8H2,1-3H3,(H,14,16)(H,17,18). The molecule has 0 spiro atoms. The molecular formula is C13H18N2O3. The summed E-state index contributed by atoms with van der Waals surface area (Å²) < 4.78 is 0. The van der Waals surface area contributed by atoms with Crippen LogP contribution in [0.15, 0.2) is 18.2 Å². The molecule has 0 fully saturated rings. The van der Waals surface area contributed by atoms with Crippen LogP contribution in [0.1, 0.15) is 22.8 Å². The first-order valence-electron chi connectivity index (χ1n) is 5.77. The van der Waals surface area contributed by atoms with E-state index in [1.807, 2.05) is 19.9 Å². The second-order valence-electron chi connectivity index (χ2n) is 4.14. The number of hydrogen-bond donors (Lipinski definition) is 2. The van der Waals surface area contributed by atoms with E-state index >= 15 is 0 Å². The van der Waals surface area contributed by atoms with Crippen molar-refractivity contribution in [2.75, 3.05) is 25.0 Å². The normalized spacial score (nSPS) is 9.94. The SMILES string of the molecule is CCNC(=O)CN(C)c1ccc(C)cc1C(=O)O. The lowest BCUT2D eigenvalue weighted by molar-refractivity contribution is -0.119. The lowest BCUT2D eigenvalue weighted by atomic mass is 10.1. The van der Waals surface area contributed by atoms with Gasteiger partial charge in [0.2, 0.25) is 5.91 Å². The number of carbonyl (C=O) groups excluding carboxylic acids is 1. The van der Waals surface area contributed by atoms with Crippen LogP contribution in [0.25, 0.3) is 0 Å². The van der Waals surface area contributed by atoms with Crippen LogP contribution in [0.4, 0.5) is 5.69 Å². The molecule has 0 atom stereocenters. The molecule has 1 rings (SSSR count). The quantitative estimate of drug-likeness (QED) is 0.825. The summed E-state index contributed by atoms with van der Waals surface area (Å²) in [5, 5.41) is 11.8. The van der Waals surface area contributed by atoms with Crippen LogP contribution in [-0.2, 0) is 4.79 Å². The highest BCUT2D eigenvalue weighted by atomic mass is 16.4. The number of benzene rings is 1. The first-order chi connectivity index (χ1) is 8.45. The number of carbonyl (C=O) groups is 2. The molecule has 1 aromatic rings. The van der Waals surface area contributed by atoms with E-state index in [0.717, 1.165) is 5.56 Å². The molecule has 0 aliphatic rings. The predicted molar refractivity (Wildman–Crippen MR) is 70.1 cm³/mol. The van der Waals surface area contributed by atoms with Gasteiger partial charge in [0, 0.05) is 13.6 Å². The molecule has 0 saturated carbocycles. The number of nitrogens with one attached hydrogen (secondary N) is 1. The number of hydrogen-bond acceptors (Lipinski definition) is 3. The van der Waals surface area contributed by atoms with Crippen molar-refractivity contribution in [2.45, 2.75) is 13.8 Å². The van der Waals surface area contributed by atoms with Gasteiger partial charge >= 0.3 is 5.97 Å². The molecule has 0 aliphatic heterocycles. The minimum Gasteiger partial charge on any atom is -0.478 e. The van der Waals surface area contributed by atoms with Gasteiger partial charge in [-0.15, -0.1) is 0 Å². The van der Waals surface area contributed by atoms with Gasteiger partial charge in [0.25, 0.3) is 0 Å². The monoisotopic (exact) mass is 250 g/mol. The minimum atomic E-state index is -0.989. The molecule has 0 bridgehead atoms. The molecule has 5 nitrogen and oxygen atoms in total. The minimum absolute atomic E-state index is 0.128. The average molecular weight is 250 g/mol. The third-order valence-electron chi connectivity index (χ3n) is 2.55. The summed E-state index contributed by atoms with van der Waals surface area (Å²) in [5.74, 6) is -1.12. The van der Waals surface area contributed by atoms with Crippen LogP contribution >= 0.6 is 0 Å². The fourth-order valence-electron chi connectivity index (χ4n) is 1.71. The van der Waals surface area contributed by atoms with E-state index < -0.39 is 5.97 Å². The molecular weight excluding hydrogens is 232 g/mol. The number of carboxylic acids is 1. The Balaban J connectivity index is 2.94. The Labute approximate surface area is 106 Å². The average Bonchev–Trinajstić information content (AvgIpc) is 2.28. The number of amides is 1. The number of likely N-dealkylation sites (N-methyl/N-ethyl adjacent to an activating group) is 2. The summed E-state index contributed by atoms with van der Waals surface area (Å²) >= 11 is 0. The van der Waals surface area contributed by atoms with Gasteiger partial charge in [-0.05, 0) is 26.0 Å². The van der Waals surface area contributed by atoms with Gasteiger partial charge in [-0.25, -0.2) is 4.79 Å². The van der Waals surface area contributed by atoms with E-state index in [4.69, 9.17) is 5.11 Å². The van der Waals surface area contributed by atoms with Crippen molar-refractivity contribution in [2.24, 2.45) is 0 Å². The fourth-order valence-corrected chi connectivity index (χ4v) is 1.71. The zero-order valence-electron chi connectivity index (χ0n) is 10.9. The van der Waals surface area contributed by atoms with Gasteiger partial charge < -0.3 is 15.3 Å². The highest BCUT2D eigenvalue weighted by Crippen LogP contribution is 2.20. The number of aromatic carboxylic acids is 1. The molecule has 98 valence electrons. The van der Waals surface area contributed by atoms with E-state index in [-0.39, 0.29) is 18.0 Å². The summed E-state index contributed by atoms with van der Waals surface area (Å²) in [6, 6.07) is 5.15. The summed E-state index contributed by atoms with van der Waals surface area (Å²) in [6.45, 7) is 4.37. The third kappa shape index (κ3) is 3.48. The van der Waals surface area contributed by atoms with Gasteiger partial charge in [0.05, 0.1) is 17.8 Å². The highest BCUT2D eigenvalue weighted by molar-refractivity contribution is 5.95. The maximum atomic E-state index is 11.5. The van der Waals surface area contributed by atoms with E-state index in [2.05, 4.69) is 5.32 Å². The summed E-state index contributed by atoms with van der Waals surface area (Å²) in [6.07, 6.45) is 0. The summed E-state index contributed by atoms with van der Waals surface area (Å²) in [7, 11) is 1.70. The van der Waals surface area contributed by atoms with Crippen LogP contribution in [0.2, 0.25) is 0 Å². The van der Waals surface area contributed by atoms with Crippen LogP contribution in [0, 0.1) is 6.92 Å². The largest absolute Gasteiger partial charge is 0.478 e. The smallest absolute Gasteiger partial charge is 0.337 e. The fraction of sp³-hybridized carbons (Fsp3) is 0.385. The molecule has 18 heavy (non-hydrogen) atoms. The third-order valence-corrected chi connectivity index (χ3v) is 2.55. The molecule has 0 aromatic heterocycles. The van der Waals surface area contributed by atoms with Gasteiger partial charge in [0.1, 0.15) is 0 Å². The Kier molecular flexibility index (Phi) is 4.71. The second kappa shape index (κ2) is 6.05. The van der Waals surface area contributed by atoms with Crippen molar-refractivity contribution in [1.29, 1.82) is 0 Å². The lowest BCUT2D eigenvalue weighted by Crippen LogP contribution is -2.35. The van der Waals surface area contributed by atoms with Crippen LogP contribution < -0.4 is 10.2 Å². The zero-order chi connectivity index (χ0) is 13.7. The summed E-state index contributed by atoms with van der Waals surface area (Å²) in [5.41, 5.74) is 1.63. The zero-order valence-corrected chi connectivity index (χ0v) is 10.9. The van der Waals surface area contributed by atoms with Crippen LogP contribution in [0.3, 0.4) is 0 Å². The van der Waals surface area contributed by atoms with Crippen molar-refractivity contribution in [1.82, 2.24) is 5.32 Å². The molecule has 0 saturated heterocycles. The Morgan fingerprint density at radius 3 is 2.61 bits per heavy atom. The van der Waals surface area contributed by atoms with E-state index in [0.29, 0.717) is 12.2 Å². The van der Waals surface area contributed by atoms with Crippen molar-refractivity contribution in [3.8, 4) is 0 Å². The Bertz CT molecular complexity index is 458. The Morgan fingerprint density at radius 2 is 2.06 bits per heavy atom. The highest BCUT2D eigenvalue weighted by Gasteiger charge is 2.15. The number of nitrogens with zero attached hydrogens (tertiary/aromatic N) is 1. The van der Waals surface area contributed by atoms with Gasteiger partial charge in [0.15, 0.2) is 0 Å². The molecule has 0 heterocycles. The van der Waals surface area contributed by atoms with E-state index in [1.165, 1.54) is 0 Å². The van der Waals surface area contributed by atoms with Crippen LogP contribution in [-0.4, -0.2) is 37.1 Å². The molecule has 5 heteroatoms. The maximum absolute atomic E-state index is 11.5. The first-order valence-corrected chi connectivity index (χ1v) is 5.77. The molecule has 1 amide bonds. The number of rotatable bonds is 5. The number of aryl methyl sites for hydroxylation is 1. The van der Waals surface area contributed by atoms with E-state index in [9.17, 15) is 9.59 Å². The first kappa shape index (κ1) is 14.0. The van der Waals surface area contributed by atoms with Crippen molar-refractivity contribution < 1.29 is 14.7 Å². The summed E-state index contributed by atoms with van der Waals surface area (Å²) in [4.78, 5) is 24.3. The molecule has 0 radical (unpaired) electrons. The topological polar surface area (TPSA) is 69.6 Å². The maximum Gasteiger partial charge on any atom is 0.337 e. The van der Waals surface area contributed by atoms with Crippen molar-refractivity contribution in [3.63, 3.8) is 0 Å². The van der Waals surface area contributed by atoms with Gasteiger partial charge in [-0.3, -0.25) is 4.79 Å². The molecule has 2 N–H and O–H groups in total. The Morgan fingerprint density at radius 1 is 1.39 bits per heavy atom. The lowest BCUT2D eigenvalue weighted by Gasteiger charge is -2.20. The van der Waals surface area contributed by atoms with E-state index in [1.54, 1.807) is 24.1 Å².